The average molecular weight is 426 g/mol. The molecule has 0 fully saturated rings. The monoisotopic (exact) mass is 426 g/mol. The summed E-state index contributed by atoms with van der Waals surface area (Å²) in [5.74, 6) is -1.81. The molecule has 2 aromatic carbocycles. The van der Waals surface area contributed by atoms with Crippen LogP contribution in [0.25, 0.3) is 11.1 Å². The molecule has 0 bridgehead atoms. The molecule has 3 rings (SSSR count). The maximum atomic E-state index is 12.2. The highest BCUT2D eigenvalue weighted by Crippen LogP contribution is 2.44. The van der Waals surface area contributed by atoms with Crippen molar-refractivity contribution in [3.8, 4) is 11.1 Å². The van der Waals surface area contributed by atoms with E-state index in [9.17, 15) is 14.4 Å². The smallest absolute Gasteiger partial charge is 0.407 e. The molecule has 3 N–H and O–H groups in total. The predicted molar refractivity (Wildman–Crippen MR) is 114 cm³/mol. The summed E-state index contributed by atoms with van der Waals surface area (Å²) >= 11 is 0. The summed E-state index contributed by atoms with van der Waals surface area (Å²) in [6.45, 7) is 1.66. The normalized spacial score (nSPS) is 14.1. The number of carbonyl (C=O) groups excluding carboxylic acids is 2. The van der Waals surface area contributed by atoms with Crippen LogP contribution in [0.15, 0.2) is 48.5 Å². The van der Waals surface area contributed by atoms with Crippen LogP contribution in [-0.4, -0.2) is 55.5 Å². The second kappa shape index (κ2) is 10.1. The molecule has 8 heteroatoms. The highest BCUT2D eigenvalue weighted by atomic mass is 16.5. The minimum Gasteiger partial charge on any atom is -0.480 e. The standard InChI is InChI=1S/C23H26N2O6/c1-3-19(22(27)28)25-21(26)20(30-2)12-24-23(29)31-13-18-16-10-6-4-8-14(16)15-9-5-7-11-17(15)18/h4-11,18-20H,3,12-13H2,1-2H3,(H,24,29)(H,25,26)(H,27,28)/t19-,20?/m1/s1. The van der Waals surface area contributed by atoms with Gasteiger partial charge in [0.05, 0.1) is 6.54 Å². The van der Waals surface area contributed by atoms with E-state index in [-0.39, 0.29) is 25.5 Å². The van der Waals surface area contributed by atoms with Gasteiger partial charge in [-0.05, 0) is 28.7 Å². The quantitative estimate of drug-likeness (QED) is 0.568. The van der Waals surface area contributed by atoms with Gasteiger partial charge in [0.25, 0.3) is 5.91 Å². The molecule has 1 unspecified atom stereocenters. The van der Waals surface area contributed by atoms with Crippen LogP contribution in [0.5, 0.6) is 0 Å². The van der Waals surface area contributed by atoms with Gasteiger partial charge in [-0.3, -0.25) is 4.79 Å². The first-order valence-corrected chi connectivity index (χ1v) is 10.1. The van der Waals surface area contributed by atoms with Crippen molar-refractivity contribution in [1.82, 2.24) is 10.6 Å². The predicted octanol–water partition coefficient (Wildman–Crippen LogP) is 2.52. The number of hydrogen-bond donors (Lipinski definition) is 3. The van der Waals surface area contributed by atoms with Gasteiger partial charge in [0.1, 0.15) is 12.6 Å². The second-order valence-corrected chi connectivity index (χ2v) is 7.24. The van der Waals surface area contributed by atoms with Crippen LogP contribution >= 0.6 is 0 Å². The number of benzene rings is 2. The molecule has 1 aliphatic carbocycles. The molecule has 8 nitrogen and oxygen atoms in total. The van der Waals surface area contributed by atoms with Crippen LogP contribution in [0.2, 0.25) is 0 Å². The molecular weight excluding hydrogens is 400 g/mol. The van der Waals surface area contributed by atoms with Gasteiger partial charge in [-0.2, -0.15) is 0 Å². The van der Waals surface area contributed by atoms with Crippen molar-refractivity contribution >= 4 is 18.0 Å². The Hall–Kier alpha value is -3.39. The molecule has 164 valence electrons. The Labute approximate surface area is 180 Å². The Bertz CT molecular complexity index is 915. The van der Waals surface area contributed by atoms with E-state index in [4.69, 9.17) is 14.6 Å². The molecule has 2 atom stereocenters. The number of carboxylic acids is 1. The number of carbonyl (C=O) groups is 3. The van der Waals surface area contributed by atoms with Crippen molar-refractivity contribution in [1.29, 1.82) is 0 Å². The largest absolute Gasteiger partial charge is 0.480 e. The summed E-state index contributed by atoms with van der Waals surface area (Å²) in [4.78, 5) is 35.5. The molecular formula is C23H26N2O6. The minimum atomic E-state index is -1.13. The summed E-state index contributed by atoms with van der Waals surface area (Å²) < 4.78 is 10.5. The minimum absolute atomic E-state index is 0.0689. The first kappa shape index (κ1) is 22.3. The fourth-order valence-corrected chi connectivity index (χ4v) is 3.71. The Morgan fingerprint density at radius 1 is 1.03 bits per heavy atom. The van der Waals surface area contributed by atoms with Gasteiger partial charge < -0.3 is 25.2 Å². The lowest BCUT2D eigenvalue weighted by molar-refractivity contribution is -0.143. The van der Waals surface area contributed by atoms with Gasteiger partial charge in [0.15, 0.2) is 6.10 Å². The van der Waals surface area contributed by atoms with Crippen LogP contribution in [0.3, 0.4) is 0 Å². The van der Waals surface area contributed by atoms with Crippen LogP contribution in [0, 0.1) is 0 Å². The fraction of sp³-hybridized carbons (Fsp3) is 0.348. The van der Waals surface area contributed by atoms with Crippen molar-refractivity contribution in [3.05, 3.63) is 59.7 Å². The van der Waals surface area contributed by atoms with Gasteiger partial charge in [0, 0.05) is 13.0 Å². The fourth-order valence-electron chi connectivity index (χ4n) is 3.71. The van der Waals surface area contributed by atoms with Crippen LogP contribution in [0.1, 0.15) is 30.4 Å². The average Bonchev–Trinajstić information content (AvgIpc) is 3.10. The Morgan fingerprint density at radius 2 is 1.61 bits per heavy atom. The van der Waals surface area contributed by atoms with E-state index >= 15 is 0 Å². The van der Waals surface area contributed by atoms with E-state index < -0.39 is 30.1 Å². The lowest BCUT2D eigenvalue weighted by Crippen LogP contribution is -2.49. The molecule has 0 spiro atoms. The van der Waals surface area contributed by atoms with Crippen molar-refractivity contribution in [2.45, 2.75) is 31.4 Å². The van der Waals surface area contributed by atoms with Crippen molar-refractivity contribution < 1.29 is 29.0 Å². The Morgan fingerprint density at radius 3 is 2.13 bits per heavy atom. The number of methoxy groups -OCH3 is 1. The molecule has 0 aromatic heterocycles. The molecule has 2 amide bonds. The zero-order valence-corrected chi connectivity index (χ0v) is 17.5. The highest BCUT2D eigenvalue weighted by Gasteiger charge is 2.29. The summed E-state index contributed by atoms with van der Waals surface area (Å²) in [5, 5.41) is 14.0. The summed E-state index contributed by atoms with van der Waals surface area (Å²) in [7, 11) is 1.31. The van der Waals surface area contributed by atoms with Gasteiger partial charge >= 0.3 is 12.1 Å². The van der Waals surface area contributed by atoms with Crippen LogP contribution in [0.4, 0.5) is 4.79 Å². The number of nitrogens with one attached hydrogen (secondary N) is 2. The molecule has 2 aromatic rings. The molecule has 0 radical (unpaired) electrons. The van der Waals surface area contributed by atoms with E-state index in [0.29, 0.717) is 0 Å². The van der Waals surface area contributed by atoms with Gasteiger partial charge in [-0.15, -0.1) is 0 Å². The molecule has 0 aliphatic heterocycles. The van der Waals surface area contributed by atoms with Crippen molar-refractivity contribution in [2.24, 2.45) is 0 Å². The van der Waals surface area contributed by atoms with E-state index in [1.54, 1.807) is 6.92 Å². The Balaban J connectivity index is 1.56. The summed E-state index contributed by atoms with van der Waals surface area (Å²) in [5.41, 5.74) is 4.47. The molecule has 0 saturated carbocycles. The SMILES string of the molecule is CC[C@@H](NC(=O)C(CNC(=O)OCC1c2ccccc2-c2ccccc21)OC)C(=O)O. The molecule has 1 aliphatic rings. The van der Waals surface area contributed by atoms with Crippen LogP contribution < -0.4 is 10.6 Å². The van der Waals surface area contributed by atoms with Crippen LogP contribution in [-0.2, 0) is 19.1 Å². The molecule has 0 saturated heterocycles. The highest BCUT2D eigenvalue weighted by molar-refractivity contribution is 5.86. The number of carboxylic acid groups (broad SMARTS) is 1. The zero-order valence-electron chi connectivity index (χ0n) is 17.5. The first-order chi connectivity index (χ1) is 15.0. The van der Waals surface area contributed by atoms with Gasteiger partial charge in [-0.1, -0.05) is 55.5 Å². The van der Waals surface area contributed by atoms with Gasteiger partial charge in [0.2, 0.25) is 0 Å². The number of hydrogen-bond acceptors (Lipinski definition) is 5. The number of alkyl carbamates (subject to hydrolysis) is 1. The maximum absolute atomic E-state index is 12.2. The van der Waals surface area contributed by atoms with E-state index in [1.165, 1.54) is 7.11 Å². The summed E-state index contributed by atoms with van der Waals surface area (Å²) in [6, 6.07) is 15.0. The molecule has 31 heavy (non-hydrogen) atoms. The van der Waals surface area contributed by atoms with Crippen molar-refractivity contribution in [3.63, 3.8) is 0 Å². The topological polar surface area (TPSA) is 114 Å². The molecule has 0 heterocycles. The third-order valence-electron chi connectivity index (χ3n) is 5.38. The Kier molecular flexibility index (Phi) is 7.25. The maximum Gasteiger partial charge on any atom is 0.407 e. The summed E-state index contributed by atoms with van der Waals surface area (Å²) in [6.07, 6.45) is -1.48. The number of aliphatic carboxylic acids is 1. The second-order valence-electron chi connectivity index (χ2n) is 7.24. The lowest BCUT2D eigenvalue weighted by atomic mass is 9.98. The number of fused-ring (bicyclic) bond motifs is 3. The van der Waals surface area contributed by atoms with Crippen molar-refractivity contribution in [2.75, 3.05) is 20.3 Å². The van der Waals surface area contributed by atoms with E-state index in [0.717, 1.165) is 22.3 Å². The number of ether oxygens (including phenoxy) is 2. The van der Waals surface area contributed by atoms with E-state index in [2.05, 4.69) is 22.8 Å². The third kappa shape index (κ3) is 5.03. The zero-order chi connectivity index (χ0) is 22.4. The van der Waals surface area contributed by atoms with Gasteiger partial charge in [-0.25, -0.2) is 9.59 Å². The van der Waals surface area contributed by atoms with E-state index in [1.807, 2.05) is 36.4 Å². The first-order valence-electron chi connectivity index (χ1n) is 10.1. The lowest BCUT2D eigenvalue weighted by Gasteiger charge is -2.19. The number of rotatable bonds is 9. The number of amides is 2. The third-order valence-corrected chi connectivity index (χ3v) is 5.38.